The molecule has 3 fully saturated rings. The number of fused-ring (bicyclic) bond motifs is 1. The van der Waals surface area contributed by atoms with E-state index in [2.05, 4.69) is 26.0 Å². The Bertz CT molecular complexity index is 694. The highest BCUT2D eigenvalue weighted by Gasteiger charge is 2.50. The number of allylic oxidation sites excluding steroid dienone is 4. The second-order valence-corrected chi connectivity index (χ2v) is 11.6. The van der Waals surface area contributed by atoms with E-state index in [4.69, 9.17) is 0 Å². The summed E-state index contributed by atoms with van der Waals surface area (Å²) in [5.74, 6) is 2.15. The Morgan fingerprint density at radius 2 is 1.81 bits per heavy atom. The topological polar surface area (TPSA) is 60.7 Å². The van der Waals surface area contributed by atoms with E-state index in [1.165, 1.54) is 44.1 Å². The third-order valence-electron chi connectivity index (χ3n) is 8.72. The molecule has 0 spiro atoms. The lowest BCUT2D eigenvalue weighted by Gasteiger charge is -2.44. The van der Waals surface area contributed by atoms with Gasteiger partial charge >= 0.3 is 0 Å². The standard InChI is InChI=1S/C28H46O3/c1-6-22-25(29)17-20(18-26(22)30)11-12-21-10-8-16-28(5)23(13-14-24(21)28)19(2)9-7-15-27(3,4)31/h6,11-12,19,23-26,29-31H,7-10,13-18H2,1-5H3/b20-11?,21-12+,22-6?/t19-,23+,24?,25+,26+,28+/m0/s1. The first-order valence-electron chi connectivity index (χ1n) is 12.7. The van der Waals surface area contributed by atoms with Gasteiger partial charge in [-0.25, -0.2) is 0 Å². The third-order valence-corrected chi connectivity index (χ3v) is 8.72. The molecule has 31 heavy (non-hydrogen) atoms. The molecule has 0 bridgehead atoms. The Morgan fingerprint density at radius 3 is 2.42 bits per heavy atom. The summed E-state index contributed by atoms with van der Waals surface area (Å²) in [6.45, 7) is 10.7. The van der Waals surface area contributed by atoms with Gasteiger partial charge in [0.15, 0.2) is 0 Å². The van der Waals surface area contributed by atoms with Crippen molar-refractivity contribution in [2.24, 2.45) is 23.2 Å². The van der Waals surface area contributed by atoms with Crippen molar-refractivity contribution in [2.45, 2.75) is 117 Å². The van der Waals surface area contributed by atoms with Gasteiger partial charge in [-0.05, 0) is 101 Å². The van der Waals surface area contributed by atoms with Crippen molar-refractivity contribution >= 4 is 0 Å². The summed E-state index contributed by atoms with van der Waals surface area (Å²) in [5.41, 5.74) is 3.37. The summed E-state index contributed by atoms with van der Waals surface area (Å²) >= 11 is 0. The molecule has 0 amide bonds. The van der Waals surface area contributed by atoms with Crippen molar-refractivity contribution in [1.29, 1.82) is 0 Å². The summed E-state index contributed by atoms with van der Waals surface area (Å²) in [6.07, 6.45) is 16.2. The van der Waals surface area contributed by atoms with E-state index in [9.17, 15) is 15.3 Å². The molecule has 3 saturated carbocycles. The number of aliphatic hydroxyl groups excluding tert-OH is 2. The first kappa shape index (κ1) is 24.7. The molecule has 0 saturated heterocycles. The lowest BCUT2D eigenvalue weighted by atomic mass is 9.60. The predicted molar refractivity (Wildman–Crippen MR) is 129 cm³/mol. The van der Waals surface area contributed by atoms with Crippen LogP contribution in [0.5, 0.6) is 0 Å². The average molecular weight is 431 g/mol. The molecular formula is C28H46O3. The van der Waals surface area contributed by atoms with Crippen LogP contribution in [0.2, 0.25) is 0 Å². The Balaban J connectivity index is 1.68. The fraction of sp³-hybridized carbons (Fsp3) is 0.786. The van der Waals surface area contributed by atoms with Gasteiger partial charge < -0.3 is 15.3 Å². The molecule has 3 aliphatic carbocycles. The highest BCUT2D eigenvalue weighted by atomic mass is 16.3. The fourth-order valence-corrected chi connectivity index (χ4v) is 7.06. The molecule has 0 aromatic heterocycles. The van der Waals surface area contributed by atoms with Gasteiger partial charge in [0, 0.05) is 0 Å². The van der Waals surface area contributed by atoms with Gasteiger partial charge in [-0.15, -0.1) is 0 Å². The molecule has 3 aliphatic rings. The molecule has 176 valence electrons. The van der Waals surface area contributed by atoms with Gasteiger partial charge in [-0.2, -0.15) is 0 Å². The van der Waals surface area contributed by atoms with Crippen LogP contribution in [0, 0.1) is 23.2 Å². The quantitative estimate of drug-likeness (QED) is 0.447. The first-order chi connectivity index (χ1) is 14.5. The summed E-state index contributed by atoms with van der Waals surface area (Å²) in [7, 11) is 0. The monoisotopic (exact) mass is 430 g/mol. The minimum atomic E-state index is -0.552. The second kappa shape index (κ2) is 9.93. The van der Waals surface area contributed by atoms with Gasteiger partial charge in [0.1, 0.15) is 0 Å². The van der Waals surface area contributed by atoms with Gasteiger partial charge in [-0.3, -0.25) is 0 Å². The molecule has 6 atom stereocenters. The van der Waals surface area contributed by atoms with Gasteiger partial charge in [0.05, 0.1) is 17.8 Å². The maximum absolute atomic E-state index is 10.3. The number of hydrogen-bond acceptors (Lipinski definition) is 3. The van der Waals surface area contributed by atoms with E-state index in [-0.39, 0.29) is 0 Å². The fourth-order valence-electron chi connectivity index (χ4n) is 7.06. The number of aliphatic hydroxyl groups is 3. The van der Waals surface area contributed by atoms with Crippen LogP contribution >= 0.6 is 0 Å². The Labute approximate surface area is 190 Å². The van der Waals surface area contributed by atoms with Crippen LogP contribution in [0.3, 0.4) is 0 Å². The molecule has 3 rings (SSSR count). The van der Waals surface area contributed by atoms with Gasteiger partial charge in [0.25, 0.3) is 0 Å². The third kappa shape index (κ3) is 5.72. The van der Waals surface area contributed by atoms with Crippen LogP contribution < -0.4 is 0 Å². The molecule has 0 heterocycles. The molecular weight excluding hydrogens is 384 g/mol. The van der Waals surface area contributed by atoms with E-state index < -0.39 is 17.8 Å². The SMILES string of the molecule is CC=C1[C@H](O)CC(=C/C=C2\CCC[C@@]3(C)C2CC[C@@H]3[C@@H](C)CCCC(C)(C)O)C[C@H]1O. The predicted octanol–water partition coefficient (Wildman–Crippen LogP) is 6.09. The van der Waals surface area contributed by atoms with Crippen molar-refractivity contribution in [2.75, 3.05) is 0 Å². The zero-order chi connectivity index (χ0) is 22.8. The largest absolute Gasteiger partial charge is 0.390 e. The smallest absolute Gasteiger partial charge is 0.0812 e. The molecule has 0 aromatic carbocycles. The van der Waals surface area contributed by atoms with Crippen molar-refractivity contribution in [3.8, 4) is 0 Å². The van der Waals surface area contributed by atoms with Crippen molar-refractivity contribution in [3.63, 3.8) is 0 Å². The first-order valence-corrected chi connectivity index (χ1v) is 12.7. The molecule has 1 unspecified atom stereocenters. The highest BCUT2D eigenvalue weighted by molar-refractivity contribution is 5.30. The van der Waals surface area contributed by atoms with Crippen LogP contribution in [-0.4, -0.2) is 33.1 Å². The van der Waals surface area contributed by atoms with Crippen molar-refractivity contribution in [1.82, 2.24) is 0 Å². The highest BCUT2D eigenvalue weighted by Crippen LogP contribution is 2.60. The van der Waals surface area contributed by atoms with E-state index in [0.717, 1.165) is 24.3 Å². The van der Waals surface area contributed by atoms with Gasteiger partial charge in [0.2, 0.25) is 0 Å². The average Bonchev–Trinajstić information content (AvgIpc) is 3.02. The number of rotatable bonds is 6. The van der Waals surface area contributed by atoms with Crippen LogP contribution in [0.25, 0.3) is 0 Å². The van der Waals surface area contributed by atoms with Crippen LogP contribution in [0.1, 0.15) is 98.8 Å². The summed E-state index contributed by atoms with van der Waals surface area (Å²) in [6, 6.07) is 0. The molecule has 0 aliphatic heterocycles. The minimum absolute atomic E-state index is 0.389. The Morgan fingerprint density at radius 1 is 1.13 bits per heavy atom. The summed E-state index contributed by atoms with van der Waals surface area (Å²) in [5, 5.41) is 30.7. The zero-order valence-electron chi connectivity index (χ0n) is 20.5. The van der Waals surface area contributed by atoms with E-state index >= 15 is 0 Å². The maximum Gasteiger partial charge on any atom is 0.0812 e. The molecule has 0 radical (unpaired) electrons. The Hall–Kier alpha value is -0.900. The molecule has 3 N–H and O–H groups in total. The van der Waals surface area contributed by atoms with Crippen molar-refractivity contribution < 1.29 is 15.3 Å². The lowest BCUT2D eigenvalue weighted by molar-refractivity contribution is 0.0596. The van der Waals surface area contributed by atoms with E-state index in [1.54, 1.807) is 5.57 Å². The number of hydrogen-bond donors (Lipinski definition) is 3. The molecule has 3 heteroatoms. The van der Waals surface area contributed by atoms with E-state index in [1.807, 2.05) is 26.8 Å². The minimum Gasteiger partial charge on any atom is -0.390 e. The van der Waals surface area contributed by atoms with E-state index in [0.29, 0.717) is 30.1 Å². The van der Waals surface area contributed by atoms with Crippen LogP contribution in [-0.2, 0) is 0 Å². The lowest BCUT2D eigenvalue weighted by Crippen LogP contribution is -2.36. The summed E-state index contributed by atoms with van der Waals surface area (Å²) < 4.78 is 0. The van der Waals surface area contributed by atoms with Gasteiger partial charge in [-0.1, -0.05) is 56.1 Å². The second-order valence-electron chi connectivity index (χ2n) is 11.6. The van der Waals surface area contributed by atoms with Crippen molar-refractivity contribution in [3.05, 3.63) is 34.9 Å². The zero-order valence-corrected chi connectivity index (χ0v) is 20.5. The Kier molecular flexibility index (Phi) is 7.92. The molecule has 0 aromatic rings. The summed E-state index contributed by atoms with van der Waals surface area (Å²) in [4.78, 5) is 0. The maximum atomic E-state index is 10.3. The molecule has 3 nitrogen and oxygen atoms in total. The normalized spacial score (nSPS) is 36.5. The van der Waals surface area contributed by atoms with Crippen LogP contribution in [0.4, 0.5) is 0 Å². The van der Waals surface area contributed by atoms with Crippen LogP contribution in [0.15, 0.2) is 34.9 Å².